The molecule has 41 heavy (non-hydrogen) atoms. The Labute approximate surface area is 241 Å². The maximum Gasteiger partial charge on any atom is 0.302 e. The predicted octanol–water partition coefficient (Wildman–Crippen LogP) is 6.37. The van der Waals surface area contributed by atoms with Crippen molar-refractivity contribution in [3.8, 4) is 22.5 Å². The molecule has 0 bridgehead atoms. The zero-order chi connectivity index (χ0) is 29.2. The van der Waals surface area contributed by atoms with E-state index < -0.39 is 0 Å². The van der Waals surface area contributed by atoms with Gasteiger partial charge < -0.3 is 9.47 Å². The third-order valence-electron chi connectivity index (χ3n) is 6.76. The molecule has 1 unspecified atom stereocenters. The summed E-state index contributed by atoms with van der Waals surface area (Å²) < 4.78 is 12.2. The highest BCUT2D eigenvalue weighted by Gasteiger charge is 2.21. The van der Waals surface area contributed by atoms with Crippen LogP contribution >= 0.6 is 0 Å². The molecule has 0 N–H and O–H groups in total. The molecule has 3 aromatic carbocycles. The Bertz CT molecular complexity index is 1480. The second-order valence-electron chi connectivity index (χ2n) is 10.3. The van der Waals surface area contributed by atoms with E-state index >= 15 is 0 Å². The van der Waals surface area contributed by atoms with Crippen molar-refractivity contribution >= 4 is 11.9 Å². The molecule has 0 fully saturated rings. The molecule has 1 heterocycles. The van der Waals surface area contributed by atoms with Gasteiger partial charge in [0.15, 0.2) is 5.82 Å². The van der Waals surface area contributed by atoms with Crippen LogP contribution in [0.15, 0.2) is 84.9 Å². The van der Waals surface area contributed by atoms with Gasteiger partial charge in [0.25, 0.3) is 0 Å². The molecule has 0 radical (unpaired) electrons. The van der Waals surface area contributed by atoms with E-state index in [0.717, 1.165) is 39.8 Å². The van der Waals surface area contributed by atoms with Gasteiger partial charge in [0.1, 0.15) is 6.61 Å². The standard InChI is InChI=1S/C33H36N4O4/c1-23(21-40-25(3)38)10-8-11-24(2)30-14-9-15-31(29-18-16-28(17-19-29)22-41-26(4)39)32(30)33-34-35-36-37(33)20-27-12-6-5-7-13-27/h5-9,11-19,23-24H,10,20-22H2,1-4H3/b11-8+/t23-,24?/m1/s1. The molecule has 4 rings (SSSR count). The summed E-state index contributed by atoms with van der Waals surface area (Å²) in [5, 5.41) is 12.9. The molecule has 8 heteroatoms. The number of ether oxygens (including phenoxy) is 2. The number of carbonyl (C=O) groups is 2. The van der Waals surface area contributed by atoms with E-state index in [1.165, 1.54) is 13.8 Å². The Kier molecular flexibility index (Phi) is 10.2. The fourth-order valence-electron chi connectivity index (χ4n) is 4.60. The van der Waals surface area contributed by atoms with Crippen LogP contribution in [0.3, 0.4) is 0 Å². The van der Waals surface area contributed by atoms with E-state index in [1.807, 2.05) is 47.1 Å². The molecule has 0 aliphatic rings. The van der Waals surface area contributed by atoms with Gasteiger partial charge in [-0.15, -0.1) is 5.10 Å². The largest absolute Gasteiger partial charge is 0.466 e. The maximum absolute atomic E-state index is 11.2. The number of nitrogens with zero attached hydrogens (tertiary/aromatic N) is 4. The van der Waals surface area contributed by atoms with Crippen molar-refractivity contribution in [3.05, 3.63) is 102 Å². The van der Waals surface area contributed by atoms with E-state index in [4.69, 9.17) is 9.47 Å². The number of benzene rings is 3. The van der Waals surface area contributed by atoms with Crippen molar-refractivity contribution in [2.75, 3.05) is 6.61 Å². The van der Waals surface area contributed by atoms with Gasteiger partial charge in [-0.2, -0.15) is 0 Å². The minimum absolute atomic E-state index is 0.0657. The molecule has 0 saturated heterocycles. The number of allylic oxidation sites excluding steroid dienone is 2. The number of carbonyl (C=O) groups excluding carboxylic acids is 2. The molecular weight excluding hydrogens is 516 g/mol. The normalized spacial score (nSPS) is 12.7. The topological polar surface area (TPSA) is 96.2 Å². The van der Waals surface area contributed by atoms with Crippen LogP contribution in [0.2, 0.25) is 0 Å². The summed E-state index contributed by atoms with van der Waals surface area (Å²) in [6.45, 7) is 8.22. The van der Waals surface area contributed by atoms with E-state index in [0.29, 0.717) is 19.0 Å². The number of hydrogen-bond acceptors (Lipinski definition) is 7. The monoisotopic (exact) mass is 552 g/mol. The zero-order valence-corrected chi connectivity index (χ0v) is 24.0. The summed E-state index contributed by atoms with van der Waals surface area (Å²) in [4.78, 5) is 22.4. The van der Waals surface area contributed by atoms with Gasteiger partial charge in [-0.3, -0.25) is 9.59 Å². The van der Waals surface area contributed by atoms with Crippen LogP contribution in [0.5, 0.6) is 0 Å². The van der Waals surface area contributed by atoms with Crippen molar-refractivity contribution in [2.24, 2.45) is 5.92 Å². The summed E-state index contributed by atoms with van der Waals surface area (Å²) in [5.41, 5.74) is 6.09. The number of esters is 2. The molecule has 0 saturated carbocycles. The minimum atomic E-state index is -0.308. The fraction of sp³-hybridized carbons (Fsp3) is 0.303. The van der Waals surface area contributed by atoms with Crippen molar-refractivity contribution in [1.82, 2.24) is 20.2 Å². The average molecular weight is 553 g/mol. The third-order valence-corrected chi connectivity index (χ3v) is 6.76. The van der Waals surface area contributed by atoms with Gasteiger partial charge in [-0.25, -0.2) is 4.68 Å². The Morgan fingerprint density at radius 2 is 1.61 bits per heavy atom. The highest BCUT2D eigenvalue weighted by Crippen LogP contribution is 2.38. The smallest absolute Gasteiger partial charge is 0.302 e. The number of hydrogen-bond donors (Lipinski definition) is 0. The highest BCUT2D eigenvalue weighted by atomic mass is 16.5. The lowest BCUT2D eigenvalue weighted by Crippen LogP contribution is -2.08. The van der Waals surface area contributed by atoms with E-state index in [-0.39, 0.29) is 30.4 Å². The maximum atomic E-state index is 11.2. The Morgan fingerprint density at radius 1 is 0.878 bits per heavy atom. The SMILES string of the molecule is CC(=O)OCc1ccc(-c2cccc(C(C)/C=C/C[C@@H](C)COC(C)=O)c2-c2nnnn2Cc2ccccc2)cc1. The molecule has 0 amide bonds. The van der Waals surface area contributed by atoms with Crippen molar-refractivity contribution in [1.29, 1.82) is 0 Å². The number of tetrazole rings is 1. The lowest BCUT2D eigenvalue weighted by molar-refractivity contribution is -0.143. The first-order valence-corrected chi connectivity index (χ1v) is 13.8. The van der Waals surface area contributed by atoms with Crippen molar-refractivity contribution in [3.63, 3.8) is 0 Å². The Morgan fingerprint density at radius 3 is 2.32 bits per heavy atom. The van der Waals surface area contributed by atoms with Gasteiger partial charge in [0.2, 0.25) is 0 Å². The van der Waals surface area contributed by atoms with Crippen LogP contribution in [0, 0.1) is 5.92 Å². The van der Waals surface area contributed by atoms with Crippen LogP contribution in [0.25, 0.3) is 22.5 Å². The summed E-state index contributed by atoms with van der Waals surface area (Å²) in [6.07, 6.45) is 5.12. The molecule has 212 valence electrons. The first-order valence-electron chi connectivity index (χ1n) is 13.8. The Hall–Kier alpha value is -4.59. The van der Waals surface area contributed by atoms with Gasteiger partial charge in [-0.1, -0.05) is 98.8 Å². The molecule has 1 aromatic heterocycles. The van der Waals surface area contributed by atoms with Crippen molar-refractivity contribution < 1.29 is 19.1 Å². The molecule has 0 spiro atoms. The van der Waals surface area contributed by atoms with Crippen LogP contribution in [0.4, 0.5) is 0 Å². The molecule has 4 aromatic rings. The molecule has 2 atom stereocenters. The summed E-state index contributed by atoms with van der Waals surface area (Å²) in [5.74, 6) is 0.403. The molecule has 0 aliphatic heterocycles. The van der Waals surface area contributed by atoms with Crippen LogP contribution in [-0.2, 0) is 32.2 Å². The van der Waals surface area contributed by atoms with Gasteiger partial charge >= 0.3 is 11.9 Å². The van der Waals surface area contributed by atoms with Crippen LogP contribution in [-0.4, -0.2) is 38.8 Å². The van der Waals surface area contributed by atoms with Gasteiger partial charge in [-0.05, 0) is 56.5 Å². The molecule has 8 nitrogen and oxygen atoms in total. The zero-order valence-electron chi connectivity index (χ0n) is 24.0. The first kappa shape index (κ1) is 29.4. The fourth-order valence-corrected chi connectivity index (χ4v) is 4.60. The van der Waals surface area contributed by atoms with Crippen LogP contribution in [0.1, 0.15) is 56.7 Å². The Balaban J connectivity index is 1.70. The summed E-state index contributed by atoms with van der Waals surface area (Å²) in [6, 6.07) is 24.4. The molecular formula is C33H36N4O4. The van der Waals surface area contributed by atoms with Gasteiger partial charge in [0, 0.05) is 19.4 Å². The van der Waals surface area contributed by atoms with Crippen LogP contribution < -0.4 is 0 Å². The lowest BCUT2D eigenvalue weighted by Gasteiger charge is -2.18. The second kappa shape index (κ2) is 14.2. The number of rotatable bonds is 12. The lowest BCUT2D eigenvalue weighted by atomic mass is 9.88. The minimum Gasteiger partial charge on any atom is -0.466 e. The second-order valence-corrected chi connectivity index (χ2v) is 10.3. The van der Waals surface area contributed by atoms with Gasteiger partial charge in [0.05, 0.1) is 13.2 Å². The quantitative estimate of drug-likeness (QED) is 0.149. The molecule has 0 aliphatic carbocycles. The van der Waals surface area contributed by atoms with Crippen molar-refractivity contribution in [2.45, 2.75) is 53.2 Å². The van der Waals surface area contributed by atoms with E-state index in [2.05, 4.69) is 71.9 Å². The van der Waals surface area contributed by atoms with E-state index in [9.17, 15) is 9.59 Å². The summed E-state index contributed by atoms with van der Waals surface area (Å²) in [7, 11) is 0. The van der Waals surface area contributed by atoms with E-state index in [1.54, 1.807) is 0 Å². The third kappa shape index (κ3) is 8.20. The average Bonchev–Trinajstić information content (AvgIpc) is 3.43. The highest BCUT2D eigenvalue weighted by molar-refractivity contribution is 5.83. The predicted molar refractivity (Wildman–Crippen MR) is 158 cm³/mol. The first-order chi connectivity index (χ1) is 19.8. The number of aromatic nitrogens is 4. The summed E-state index contributed by atoms with van der Waals surface area (Å²) >= 11 is 0.